The summed E-state index contributed by atoms with van der Waals surface area (Å²) in [5.41, 5.74) is 1.88. The second-order valence-corrected chi connectivity index (χ2v) is 6.00. The molecule has 0 radical (unpaired) electrons. The number of rotatable bonds is 3. The van der Waals surface area contributed by atoms with E-state index in [9.17, 15) is 4.79 Å². The first-order valence-electron chi connectivity index (χ1n) is 5.15. The van der Waals surface area contributed by atoms with Crippen LogP contribution in [0.1, 0.15) is 10.5 Å². The minimum Gasteiger partial charge on any atom is -0.334 e. The van der Waals surface area contributed by atoms with E-state index in [1.807, 2.05) is 24.3 Å². The Morgan fingerprint density at radius 2 is 2.06 bits per heavy atom. The zero-order valence-corrected chi connectivity index (χ0v) is 10.3. The molecule has 16 heavy (non-hydrogen) atoms. The van der Waals surface area contributed by atoms with Crippen LogP contribution in [0.4, 0.5) is 0 Å². The number of carbonyl (C=O) groups is 1. The van der Waals surface area contributed by atoms with Crippen LogP contribution in [0, 0.1) is 0 Å². The topological polar surface area (TPSA) is 22.0 Å². The van der Waals surface area contributed by atoms with E-state index < -0.39 is 0 Å². The van der Waals surface area contributed by atoms with Gasteiger partial charge >= 0.3 is 0 Å². The first-order chi connectivity index (χ1) is 7.72. The molecule has 0 aliphatic carbocycles. The van der Waals surface area contributed by atoms with Gasteiger partial charge in [-0.3, -0.25) is 4.79 Å². The molecule has 2 rings (SSSR count). The van der Waals surface area contributed by atoms with Crippen LogP contribution in [0.3, 0.4) is 0 Å². The molecule has 3 heteroatoms. The van der Waals surface area contributed by atoms with Gasteiger partial charge in [0.25, 0.3) is 0 Å². The number of fused-ring (bicyclic) bond motifs is 1. The van der Waals surface area contributed by atoms with Crippen LogP contribution < -0.4 is 0 Å². The third-order valence-electron chi connectivity index (χ3n) is 2.55. The van der Waals surface area contributed by atoms with Gasteiger partial charge in [0.15, 0.2) is 6.29 Å². The quantitative estimate of drug-likeness (QED) is 0.590. The molecule has 0 N–H and O–H groups in total. The van der Waals surface area contributed by atoms with Crippen LogP contribution in [-0.4, -0.2) is 28.7 Å². The fraction of sp³-hybridized carbons (Fsp3) is 0.231. The number of aromatic nitrogens is 1. The average Bonchev–Trinajstić information content (AvgIpc) is 2.64. The summed E-state index contributed by atoms with van der Waals surface area (Å²) >= 11 is 0. The first kappa shape index (κ1) is 11.1. The maximum atomic E-state index is 11.0. The molecular formula is C13H15NOS. The van der Waals surface area contributed by atoms with Gasteiger partial charge in [0.05, 0.1) is 5.69 Å². The Morgan fingerprint density at radius 1 is 1.31 bits per heavy atom. The van der Waals surface area contributed by atoms with Gasteiger partial charge in [0.2, 0.25) is 0 Å². The third kappa shape index (κ3) is 2.09. The Morgan fingerprint density at radius 3 is 2.75 bits per heavy atom. The molecule has 0 spiro atoms. The molecule has 0 aliphatic heterocycles. The lowest BCUT2D eigenvalue weighted by atomic mass is 10.2. The monoisotopic (exact) mass is 233 g/mol. The van der Waals surface area contributed by atoms with Gasteiger partial charge in [0.1, 0.15) is 0 Å². The second-order valence-electron chi connectivity index (χ2n) is 3.90. The molecule has 0 amide bonds. The number of aldehydes is 1. The SMILES string of the molecule is CS(C)=CCn1c(C=O)cc2ccccc21. The van der Waals surface area contributed by atoms with E-state index in [-0.39, 0.29) is 10.5 Å². The number of hydrogen-bond acceptors (Lipinski definition) is 1. The first-order valence-corrected chi connectivity index (χ1v) is 7.26. The number of carbonyl (C=O) groups excluding carboxylic acids is 1. The molecule has 84 valence electrons. The van der Waals surface area contributed by atoms with Crippen molar-refractivity contribution in [1.29, 1.82) is 0 Å². The van der Waals surface area contributed by atoms with Crippen molar-refractivity contribution in [1.82, 2.24) is 4.57 Å². The van der Waals surface area contributed by atoms with Crippen molar-refractivity contribution < 1.29 is 4.79 Å². The summed E-state index contributed by atoms with van der Waals surface area (Å²) in [6, 6.07) is 10.0. The van der Waals surface area contributed by atoms with E-state index in [2.05, 4.69) is 28.5 Å². The van der Waals surface area contributed by atoms with E-state index in [1.54, 1.807) is 0 Å². The van der Waals surface area contributed by atoms with E-state index in [0.717, 1.165) is 29.4 Å². The maximum absolute atomic E-state index is 11.0. The number of benzene rings is 1. The van der Waals surface area contributed by atoms with Crippen LogP contribution in [0.2, 0.25) is 0 Å². The van der Waals surface area contributed by atoms with Crippen molar-refractivity contribution in [3.8, 4) is 0 Å². The highest BCUT2D eigenvalue weighted by atomic mass is 32.2. The predicted octanol–water partition coefficient (Wildman–Crippen LogP) is 2.78. The molecule has 0 aliphatic rings. The number of hydrogen-bond donors (Lipinski definition) is 0. The summed E-state index contributed by atoms with van der Waals surface area (Å²) < 4.78 is 2.06. The standard InChI is InChI=1S/C13H15NOS/c1-16(2)8-7-14-12(10-15)9-11-5-3-4-6-13(11)14/h3-6,8-10H,7H2,1-2H3. The van der Waals surface area contributed by atoms with Gasteiger partial charge in [-0.2, -0.15) is 10.5 Å². The fourth-order valence-corrected chi connectivity index (χ4v) is 2.20. The van der Waals surface area contributed by atoms with E-state index in [0.29, 0.717) is 0 Å². The Labute approximate surface area is 97.8 Å². The lowest BCUT2D eigenvalue weighted by molar-refractivity contribution is 0.111. The van der Waals surface area contributed by atoms with Crippen LogP contribution in [0.25, 0.3) is 10.9 Å². The van der Waals surface area contributed by atoms with Gasteiger partial charge in [0, 0.05) is 17.4 Å². The molecule has 0 fully saturated rings. The van der Waals surface area contributed by atoms with Crippen molar-refractivity contribution in [2.45, 2.75) is 6.54 Å². The summed E-state index contributed by atoms with van der Waals surface area (Å²) in [5, 5.41) is 3.37. The summed E-state index contributed by atoms with van der Waals surface area (Å²) in [4.78, 5) is 11.0. The van der Waals surface area contributed by atoms with Crippen LogP contribution >= 0.6 is 10.5 Å². The summed E-state index contributed by atoms with van der Waals surface area (Å²) in [7, 11) is 0.285. The van der Waals surface area contributed by atoms with Gasteiger partial charge in [-0.25, -0.2) is 0 Å². The van der Waals surface area contributed by atoms with E-state index >= 15 is 0 Å². The van der Waals surface area contributed by atoms with Crippen molar-refractivity contribution >= 4 is 33.0 Å². The summed E-state index contributed by atoms with van der Waals surface area (Å²) in [6.45, 7) is 0.803. The lowest BCUT2D eigenvalue weighted by Crippen LogP contribution is -2.02. The number of para-hydroxylation sites is 1. The molecule has 0 saturated heterocycles. The Kier molecular flexibility index (Phi) is 3.25. The van der Waals surface area contributed by atoms with Crippen LogP contribution in [-0.2, 0) is 6.54 Å². The van der Waals surface area contributed by atoms with Crippen LogP contribution in [0.5, 0.6) is 0 Å². The minimum absolute atomic E-state index is 0.285. The highest BCUT2D eigenvalue weighted by Gasteiger charge is 2.05. The zero-order chi connectivity index (χ0) is 11.5. The molecule has 1 aromatic heterocycles. The predicted molar refractivity (Wildman–Crippen MR) is 72.8 cm³/mol. The summed E-state index contributed by atoms with van der Waals surface area (Å²) in [5.74, 6) is 0. The molecule has 2 aromatic rings. The fourth-order valence-electron chi connectivity index (χ4n) is 1.76. The Hall–Kier alpha value is -1.35. The van der Waals surface area contributed by atoms with Gasteiger partial charge in [-0.15, -0.1) is 0 Å². The second kappa shape index (κ2) is 4.66. The molecule has 0 unspecified atom stereocenters. The van der Waals surface area contributed by atoms with Gasteiger partial charge in [-0.05, 0) is 30.0 Å². The molecule has 1 heterocycles. The van der Waals surface area contributed by atoms with Crippen molar-refractivity contribution in [3.05, 3.63) is 36.0 Å². The normalized spacial score (nSPS) is 10.9. The van der Waals surface area contributed by atoms with Gasteiger partial charge < -0.3 is 4.57 Å². The molecular weight excluding hydrogens is 218 g/mol. The lowest BCUT2D eigenvalue weighted by Gasteiger charge is -2.04. The summed E-state index contributed by atoms with van der Waals surface area (Å²) in [6.07, 6.45) is 5.27. The highest BCUT2D eigenvalue weighted by molar-refractivity contribution is 8.13. The van der Waals surface area contributed by atoms with E-state index in [1.165, 1.54) is 0 Å². The average molecular weight is 233 g/mol. The van der Waals surface area contributed by atoms with E-state index in [4.69, 9.17) is 0 Å². The minimum atomic E-state index is 0.285. The molecule has 1 aromatic carbocycles. The Balaban J connectivity index is 2.55. The highest BCUT2D eigenvalue weighted by Crippen LogP contribution is 2.18. The molecule has 0 saturated carbocycles. The van der Waals surface area contributed by atoms with Crippen LogP contribution in [0.15, 0.2) is 30.3 Å². The maximum Gasteiger partial charge on any atom is 0.166 e. The third-order valence-corrected chi connectivity index (χ3v) is 3.37. The Bertz CT molecular complexity index is 550. The van der Waals surface area contributed by atoms with Crippen molar-refractivity contribution in [2.24, 2.45) is 0 Å². The van der Waals surface area contributed by atoms with Gasteiger partial charge in [-0.1, -0.05) is 18.2 Å². The number of nitrogens with zero attached hydrogens (tertiary/aromatic N) is 1. The molecule has 0 bridgehead atoms. The largest absolute Gasteiger partial charge is 0.334 e. The molecule has 2 nitrogen and oxygen atoms in total. The smallest absolute Gasteiger partial charge is 0.166 e. The molecule has 0 atom stereocenters. The van der Waals surface area contributed by atoms with Crippen molar-refractivity contribution in [2.75, 3.05) is 12.5 Å². The van der Waals surface area contributed by atoms with Crippen molar-refractivity contribution in [3.63, 3.8) is 0 Å². The zero-order valence-electron chi connectivity index (χ0n) is 9.51.